The highest BCUT2D eigenvalue weighted by molar-refractivity contribution is 5.58. The highest BCUT2D eigenvalue weighted by Crippen LogP contribution is 2.19. The molecule has 124 valence electrons. The van der Waals surface area contributed by atoms with Gasteiger partial charge in [-0.2, -0.15) is 5.10 Å². The second kappa shape index (κ2) is 7.27. The molecule has 0 aliphatic rings. The van der Waals surface area contributed by atoms with Gasteiger partial charge in [0.1, 0.15) is 18.5 Å². The average Bonchev–Trinajstić information content (AvgIpc) is 3.01. The molecule has 0 amide bonds. The van der Waals surface area contributed by atoms with Crippen molar-refractivity contribution in [3.05, 3.63) is 66.1 Å². The van der Waals surface area contributed by atoms with Gasteiger partial charge in [-0.1, -0.05) is 6.07 Å². The quantitative estimate of drug-likeness (QED) is 0.757. The minimum atomic E-state index is -0.647. The summed E-state index contributed by atoms with van der Waals surface area (Å²) in [6.45, 7) is 4.65. The van der Waals surface area contributed by atoms with E-state index in [2.05, 4.69) is 16.1 Å². The zero-order valence-electron chi connectivity index (χ0n) is 13.9. The molecular formula is C19H21N3O2. The molecular weight excluding hydrogens is 302 g/mol. The van der Waals surface area contributed by atoms with Gasteiger partial charge in [-0.05, 0) is 55.3 Å². The fourth-order valence-electron chi connectivity index (χ4n) is 2.71. The number of aliphatic hydroxyl groups excluding tert-OH is 1. The fraction of sp³-hybridized carbons (Fsp3) is 0.263. The van der Waals surface area contributed by atoms with Crippen molar-refractivity contribution in [1.82, 2.24) is 14.8 Å². The molecule has 0 aliphatic carbocycles. The van der Waals surface area contributed by atoms with Crippen molar-refractivity contribution in [2.45, 2.75) is 26.5 Å². The van der Waals surface area contributed by atoms with E-state index in [1.807, 2.05) is 44.2 Å². The van der Waals surface area contributed by atoms with Crippen LogP contribution in [-0.2, 0) is 6.54 Å². The fourth-order valence-corrected chi connectivity index (χ4v) is 2.71. The summed E-state index contributed by atoms with van der Waals surface area (Å²) in [5.74, 6) is 0.779. The molecule has 24 heavy (non-hydrogen) atoms. The Labute approximate surface area is 141 Å². The van der Waals surface area contributed by atoms with Crippen molar-refractivity contribution in [2.75, 3.05) is 6.61 Å². The van der Waals surface area contributed by atoms with E-state index in [4.69, 9.17) is 4.74 Å². The average molecular weight is 323 g/mol. The van der Waals surface area contributed by atoms with Gasteiger partial charge in [0.05, 0.1) is 12.2 Å². The number of hydrogen-bond donors (Lipinski definition) is 1. The van der Waals surface area contributed by atoms with Gasteiger partial charge in [0.15, 0.2) is 0 Å². The largest absolute Gasteiger partial charge is 0.491 e. The van der Waals surface area contributed by atoms with Crippen LogP contribution in [0.4, 0.5) is 0 Å². The minimum Gasteiger partial charge on any atom is -0.491 e. The molecule has 1 atom stereocenters. The molecule has 0 spiro atoms. The third kappa shape index (κ3) is 4.00. The Morgan fingerprint density at radius 2 is 1.75 bits per heavy atom. The van der Waals surface area contributed by atoms with E-state index in [-0.39, 0.29) is 6.61 Å². The first-order valence-electron chi connectivity index (χ1n) is 7.93. The summed E-state index contributed by atoms with van der Waals surface area (Å²) < 4.78 is 7.51. The van der Waals surface area contributed by atoms with Crippen LogP contribution in [0.5, 0.6) is 5.75 Å². The number of aryl methyl sites for hydroxylation is 2. The Hall–Kier alpha value is -2.66. The standard InChI is InChI=1S/C19H21N3O2/c1-14-9-15(2)11-18(10-14)24-13-17(23)12-22-19(5-8-21-22)16-3-6-20-7-4-16/h3-11,17,23H,12-13H2,1-2H3. The Morgan fingerprint density at radius 3 is 2.46 bits per heavy atom. The molecule has 2 heterocycles. The number of aliphatic hydroxyl groups is 1. The Kier molecular flexibility index (Phi) is 4.91. The summed E-state index contributed by atoms with van der Waals surface area (Å²) in [5, 5.41) is 14.6. The predicted octanol–water partition coefficient (Wildman–Crippen LogP) is 3.00. The third-order valence-electron chi connectivity index (χ3n) is 3.71. The maximum Gasteiger partial charge on any atom is 0.119 e. The van der Waals surface area contributed by atoms with Crippen LogP contribution in [0.25, 0.3) is 11.3 Å². The summed E-state index contributed by atoms with van der Waals surface area (Å²) in [6, 6.07) is 11.8. The van der Waals surface area contributed by atoms with Gasteiger partial charge in [-0.3, -0.25) is 9.67 Å². The molecule has 0 saturated heterocycles. The van der Waals surface area contributed by atoms with E-state index in [1.165, 1.54) is 0 Å². The van der Waals surface area contributed by atoms with Crippen molar-refractivity contribution in [3.8, 4) is 17.0 Å². The Balaban J connectivity index is 1.63. The van der Waals surface area contributed by atoms with E-state index in [0.29, 0.717) is 6.54 Å². The lowest BCUT2D eigenvalue weighted by molar-refractivity contribution is 0.0897. The lowest BCUT2D eigenvalue weighted by atomic mass is 10.1. The number of nitrogens with zero attached hydrogens (tertiary/aromatic N) is 3. The van der Waals surface area contributed by atoms with Gasteiger partial charge in [-0.15, -0.1) is 0 Å². The zero-order chi connectivity index (χ0) is 16.9. The van der Waals surface area contributed by atoms with Gasteiger partial charge in [0.2, 0.25) is 0 Å². The predicted molar refractivity (Wildman–Crippen MR) is 92.9 cm³/mol. The summed E-state index contributed by atoms with van der Waals surface area (Å²) in [6.07, 6.45) is 4.57. The van der Waals surface area contributed by atoms with E-state index < -0.39 is 6.10 Å². The number of ether oxygens (including phenoxy) is 1. The first-order chi connectivity index (χ1) is 11.6. The van der Waals surface area contributed by atoms with E-state index in [9.17, 15) is 5.11 Å². The SMILES string of the molecule is Cc1cc(C)cc(OCC(O)Cn2nccc2-c2ccncc2)c1. The third-order valence-corrected chi connectivity index (χ3v) is 3.71. The monoisotopic (exact) mass is 323 g/mol. The minimum absolute atomic E-state index is 0.221. The molecule has 0 bridgehead atoms. The lowest BCUT2D eigenvalue weighted by Gasteiger charge is -2.15. The highest BCUT2D eigenvalue weighted by atomic mass is 16.5. The van der Waals surface area contributed by atoms with E-state index >= 15 is 0 Å². The molecule has 0 fully saturated rings. The van der Waals surface area contributed by atoms with Gasteiger partial charge in [-0.25, -0.2) is 0 Å². The first kappa shape index (κ1) is 16.2. The summed E-state index contributed by atoms with van der Waals surface area (Å²) in [7, 11) is 0. The molecule has 2 aromatic heterocycles. The summed E-state index contributed by atoms with van der Waals surface area (Å²) in [5.41, 5.74) is 4.26. The molecule has 5 heteroatoms. The van der Waals surface area contributed by atoms with E-state index in [1.54, 1.807) is 23.3 Å². The van der Waals surface area contributed by atoms with Crippen LogP contribution in [-0.4, -0.2) is 32.6 Å². The molecule has 1 unspecified atom stereocenters. The van der Waals surface area contributed by atoms with Crippen molar-refractivity contribution in [1.29, 1.82) is 0 Å². The van der Waals surface area contributed by atoms with Crippen LogP contribution in [0.15, 0.2) is 55.0 Å². The number of rotatable bonds is 6. The van der Waals surface area contributed by atoms with Crippen LogP contribution in [0, 0.1) is 13.8 Å². The Bertz CT molecular complexity index is 779. The normalized spacial score (nSPS) is 12.1. The molecule has 0 radical (unpaired) electrons. The van der Waals surface area contributed by atoms with Crippen LogP contribution in [0.3, 0.4) is 0 Å². The highest BCUT2D eigenvalue weighted by Gasteiger charge is 2.11. The molecule has 3 rings (SSSR count). The number of aromatic nitrogens is 3. The lowest BCUT2D eigenvalue weighted by Crippen LogP contribution is -2.24. The van der Waals surface area contributed by atoms with Crippen molar-refractivity contribution < 1.29 is 9.84 Å². The van der Waals surface area contributed by atoms with Gasteiger partial charge in [0, 0.05) is 24.2 Å². The van der Waals surface area contributed by atoms with Crippen LogP contribution in [0.1, 0.15) is 11.1 Å². The topological polar surface area (TPSA) is 60.2 Å². The Morgan fingerprint density at radius 1 is 1.04 bits per heavy atom. The maximum atomic E-state index is 10.3. The molecule has 0 saturated carbocycles. The van der Waals surface area contributed by atoms with Crippen LogP contribution < -0.4 is 4.74 Å². The van der Waals surface area contributed by atoms with Crippen LogP contribution in [0.2, 0.25) is 0 Å². The van der Waals surface area contributed by atoms with Crippen LogP contribution >= 0.6 is 0 Å². The second-order valence-corrected chi connectivity index (χ2v) is 5.92. The van der Waals surface area contributed by atoms with Gasteiger partial charge < -0.3 is 9.84 Å². The maximum absolute atomic E-state index is 10.3. The molecule has 5 nitrogen and oxygen atoms in total. The smallest absolute Gasteiger partial charge is 0.119 e. The number of benzene rings is 1. The van der Waals surface area contributed by atoms with Crippen molar-refractivity contribution in [2.24, 2.45) is 0 Å². The second-order valence-electron chi connectivity index (χ2n) is 5.92. The number of pyridine rings is 1. The van der Waals surface area contributed by atoms with E-state index in [0.717, 1.165) is 28.1 Å². The summed E-state index contributed by atoms with van der Waals surface area (Å²) >= 11 is 0. The van der Waals surface area contributed by atoms with Crippen molar-refractivity contribution >= 4 is 0 Å². The number of hydrogen-bond acceptors (Lipinski definition) is 4. The molecule has 0 aliphatic heterocycles. The summed E-state index contributed by atoms with van der Waals surface area (Å²) in [4.78, 5) is 4.02. The zero-order valence-corrected chi connectivity index (χ0v) is 13.9. The first-order valence-corrected chi connectivity index (χ1v) is 7.93. The van der Waals surface area contributed by atoms with Gasteiger partial charge in [0.25, 0.3) is 0 Å². The molecule has 3 aromatic rings. The van der Waals surface area contributed by atoms with Crippen molar-refractivity contribution in [3.63, 3.8) is 0 Å². The molecule has 1 aromatic carbocycles. The molecule has 1 N–H and O–H groups in total. The van der Waals surface area contributed by atoms with Gasteiger partial charge >= 0.3 is 0 Å².